The highest BCUT2D eigenvalue weighted by Gasteiger charge is 2.50. The lowest BCUT2D eigenvalue weighted by atomic mass is 9.49. The van der Waals surface area contributed by atoms with E-state index < -0.39 is 0 Å². The molecule has 0 aliphatic heterocycles. The van der Waals surface area contributed by atoms with E-state index in [0.29, 0.717) is 22.9 Å². The van der Waals surface area contributed by atoms with Crippen LogP contribution in [-0.4, -0.2) is 12.1 Å². The molecule has 2 aliphatic rings. The van der Waals surface area contributed by atoms with Crippen LogP contribution < -0.4 is 11.5 Å². The van der Waals surface area contributed by atoms with Crippen LogP contribution in [0, 0.1) is 22.7 Å². The Morgan fingerprint density at radius 1 is 0.947 bits per heavy atom. The summed E-state index contributed by atoms with van der Waals surface area (Å²) in [5.74, 6) is 1.58. The zero-order valence-electron chi connectivity index (χ0n) is 13.4. The smallest absolute Gasteiger partial charge is 0.00417 e. The van der Waals surface area contributed by atoms with Gasteiger partial charge in [-0.2, -0.15) is 0 Å². The van der Waals surface area contributed by atoms with Crippen LogP contribution in [-0.2, 0) is 0 Å². The zero-order valence-corrected chi connectivity index (χ0v) is 13.4. The Balaban J connectivity index is 2.13. The molecule has 2 saturated carbocycles. The fraction of sp³-hybridized carbons (Fsp3) is 1.00. The molecule has 0 aromatic carbocycles. The number of hydrogen-bond acceptors (Lipinski definition) is 2. The molecule has 0 radical (unpaired) electrons. The molecule has 112 valence electrons. The maximum absolute atomic E-state index is 6.17. The lowest BCUT2D eigenvalue weighted by Gasteiger charge is -2.56. The minimum Gasteiger partial charge on any atom is -0.328 e. The monoisotopic (exact) mass is 266 g/mol. The Labute approximate surface area is 119 Å². The molecule has 2 aliphatic carbocycles. The summed E-state index contributed by atoms with van der Waals surface area (Å²) in [6.45, 7) is 9.98. The first-order chi connectivity index (χ1) is 8.77. The molecule has 2 heteroatoms. The maximum atomic E-state index is 6.17. The molecule has 0 amide bonds. The summed E-state index contributed by atoms with van der Waals surface area (Å²) >= 11 is 0. The van der Waals surface area contributed by atoms with Gasteiger partial charge in [0, 0.05) is 12.1 Å². The Morgan fingerprint density at radius 3 is 2.05 bits per heavy atom. The van der Waals surface area contributed by atoms with Crippen molar-refractivity contribution in [3.8, 4) is 0 Å². The summed E-state index contributed by atoms with van der Waals surface area (Å²) in [6, 6.07) is 0.885. The van der Waals surface area contributed by atoms with Gasteiger partial charge in [0.15, 0.2) is 0 Å². The van der Waals surface area contributed by atoms with E-state index in [4.69, 9.17) is 11.5 Å². The van der Waals surface area contributed by atoms with Gasteiger partial charge in [0.25, 0.3) is 0 Å². The molecular formula is C17H34N2. The van der Waals surface area contributed by atoms with Gasteiger partial charge < -0.3 is 11.5 Å². The first-order valence-electron chi connectivity index (χ1n) is 8.28. The molecule has 3 atom stereocenters. The second-order valence-electron chi connectivity index (χ2n) is 8.19. The predicted molar refractivity (Wildman–Crippen MR) is 82.8 cm³/mol. The molecular weight excluding hydrogens is 232 g/mol. The van der Waals surface area contributed by atoms with Crippen LogP contribution in [0.25, 0.3) is 0 Å². The van der Waals surface area contributed by atoms with E-state index in [-0.39, 0.29) is 0 Å². The van der Waals surface area contributed by atoms with Gasteiger partial charge in [0.2, 0.25) is 0 Å². The standard InChI is InChI=1S/C17H34N2/c1-12-11-15(19)9-10-17(12,4)16(2,3)13-5-7-14(18)8-6-13/h12-15H,5-11,18-19H2,1-4H3. The molecule has 0 bridgehead atoms. The highest BCUT2D eigenvalue weighted by molar-refractivity contribution is 5.01. The molecule has 2 nitrogen and oxygen atoms in total. The normalized spacial score (nSPS) is 45.2. The highest BCUT2D eigenvalue weighted by atomic mass is 14.7. The van der Waals surface area contributed by atoms with Crippen LogP contribution in [0.5, 0.6) is 0 Å². The third-order valence-corrected chi connectivity index (χ3v) is 7.04. The molecule has 2 rings (SSSR count). The molecule has 0 saturated heterocycles. The minimum absolute atomic E-state index is 0.409. The third kappa shape index (κ3) is 2.71. The largest absolute Gasteiger partial charge is 0.328 e. The average Bonchev–Trinajstić information content (AvgIpc) is 2.34. The van der Waals surface area contributed by atoms with Crippen molar-refractivity contribution < 1.29 is 0 Å². The van der Waals surface area contributed by atoms with Crippen molar-refractivity contribution in [2.45, 2.75) is 84.7 Å². The van der Waals surface area contributed by atoms with Crippen molar-refractivity contribution >= 4 is 0 Å². The molecule has 0 aromatic rings. The van der Waals surface area contributed by atoms with Crippen LogP contribution in [0.2, 0.25) is 0 Å². The Bertz CT molecular complexity index is 304. The number of nitrogens with two attached hydrogens (primary N) is 2. The molecule has 19 heavy (non-hydrogen) atoms. The molecule has 3 unspecified atom stereocenters. The van der Waals surface area contributed by atoms with E-state index in [2.05, 4.69) is 27.7 Å². The van der Waals surface area contributed by atoms with Crippen LogP contribution >= 0.6 is 0 Å². The lowest BCUT2D eigenvalue weighted by molar-refractivity contribution is -0.0636. The predicted octanol–water partition coefficient (Wildman–Crippen LogP) is 3.68. The van der Waals surface area contributed by atoms with Crippen LogP contribution in [0.1, 0.15) is 72.6 Å². The SMILES string of the molecule is CC1CC(N)CCC1(C)C(C)(C)C1CCC(N)CC1. The molecule has 2 fully saturated rings. The highest BCUT2D eigenvalue weighted by Crippen LogP contribution is 2.58. The van der Waals surface area contributed by atoms with E-state index in [1.54, 1.807) is 0 Å². The maximum Gasteiger partial charge on any atom is 0.00417 e. The Morgan fingerprint density at radius 2 is 1.53 bits per heavy atom. The number of hydrogen-bond donors (Lipinski definition) is 2. The molecule has 0 heterocycles. The van der Waals surface area contributed by atoms with E-state index in [1.807, 2.05) is 0 Å². The Kier molecular flexibility index (Phi) is 4.32. The first kappa shape index (κ1) is 15.3. The summed E-state index contributed by atoms with van der Waals surface area (Å²) in [5.41, 5.74) is 13.1. The average molecular weight is 266 g/mol. The van der Waals surface area contributed by atoms with Gasteiger partial charge >= 0.3 is 0 Å². The second-order valence-corrected chi connectivity index (χ2v) is 8.19. The summed E-state index contributed by atoms with van der Waals surface area (Å²) in [6.07, 6.45) is 8.79. The van der Waals surface area contributed by atoms with Crippen molar-refractivity contribution in [2.75, 3.05) is 0 Å². The van der Waals surface area contributed by atoms with Gasteiger partial charge in [-0.15, -0.1) is 0 Å². The summed E-state index contributed by atoms with van der Waals surface area (Å²) < 4.78 is 0. The van der Waals surface area contributed by atoms with Crippen molar-refractivity contribution in [3.63, 3.8) is 0 Å². The minimum atomic E-state index is 0.409. The van der Waals surface area contributed by atoms with E-state index in [1.165, 1.54) is 44.9 Å². The molecule has 0 spiro atoms. The topological polar surface area (TPSA) is 52.0 Å². The van der Waals surface area contributed by atoms with Crippen molar-refractivity contribution in [2.24, 2.45) is 34.1 Å². The second kappa shape index (κ2) is 5.37. The van der Waals surface area contributed by atoms with Crippen LogP contribution in [0.3, 0.4) is 0 Å². The lowest BCUT2D eigenvalue weighted by Crippen LogP contribution is -2.51. The summed E-state index contributed by atoms with van der Waals surface area (Å²) in [4.78, 5) is 0. The van der Waals surface area contributed by atoms with Crippen molar-refractivity contribution in [1.82, 2.24) is 0 Å². The summed E-state index contributed by atoms with van der Waals surface area (Å²) in [5, 5.41) is 0. The van der Waals surface area contributed by atoms with Gasteiger partial charge in [0.1, 0.15) is 0 Å². The van der Waals surface area contributed by atoms with Crippen LogP contribution in [0.4, 0.5) is 0 Å². The van der Waals surface area contributed by atoms with Gasteiger partial charge in [-0.25, -0.2) is 0 Å². The quantitative estimate of drug-likeness (QED) is 0.801. The third-order valence-electron chi connectivity index (χ3n) is 7.04. The molecule has 4 N–H and O–H groups in total. The zero-order chi connectivity index (χ0) is 14.3. The van der Waals surface area contributed by atoms with Crippen molar-refractivity contribution in [1.29, 1.82) is 0 Å². The number of rotatable bonds is 2. The summed E-state index contributed by atoms with van der Waals surface area (Å²) in [7, 11) is 0. The fourth-order valence-corrected chi connectivity index (χ4v) is 4.83. The van der Waals surface area contributed by atoms with Crippen molar-refractivity contribution in [3.05, 3.63) is 0 Å². The van der Waals surface area contributed by atoms with E-state index in [0.717, 1.165) is 11.8 Å². The van der Waals surface area contributed by atoms with Gasteiger partial charge in [-0.3, -0.25) is 0 Å². The van der Waals surface area contributed by atoms with Crippen LogP contribution in [0.15, 0.2) is 0 Å². The van der Waals surface area contributed by atoms with Gasteiger partial charge in [0.05, 0.1) is 0 Å². The van der Waals surface area contributed by atoms with Gasteiger partial charge in [-0.1, -0.05) is 27.7 Å². The van der Waals surface area contributed by atoms with E-state index >= 15 is 0 Å². The Hall–Kier alpha value is -0.0800. The molecule has 0 aromatic heterocycles. The first-order valence-corrected chi connectivity index (χ1v) is 8.28. The van der Waals surface area contributed by atoms with Gasteiger partial charge in [-0.05, 0) is 67.6 Å². The van der Waals surface area contributed by atoms with E-state index in [9.17, 15) is 0 Å². The fourth-order valence-electron chi connectivity index (χ4n) is 4.83.